The summed E-state index contributed by atoms with van der Waals surface area (Å²) in [6.45, 7) is 4.00. The number of amides is 1. The van der Waals surface area contributed by atoms with Crippen LogP contribution in [0.2, 0.25) is 0 Å². The van der Waals surface area contributed by atoms with Gasteiger partial charge in [-0.05, 0) is 32.4 Å². The molecule has 5 heteroatoms. The Morgan fingerprint density at radius 1 is 1.53 bits per heavy atom. The molecule has 0 aromatic heterocycles. The summed E-state index contributed by atoms with van der Waals surface area (Å²) in [6.07, 6.45) is 2.02. The van der Waals surface area contributed by atoms with Gasteiger partial charge in [0.05, 0.1) is 0 Å². The molecule has 2 N–H and O–H groups in total. The average Bonchev–Trinajstić information content (AvgIpc) is 2.43. The first-order valence-corrected chi connectivity index (χ1v) is 6.53. The molecule has 2 rings (SSSR count). The van der Waals surface area contributed by atoms with E-state index < -0.39 is 0 Å². The minimum Gasteiger partial charge on any atom is -0.341 e. The summed E-state index contributed by atoms with van der Waals surface area (Å²) < 4.78 is 0. The SMILES string of the molecule is CC(C)N=C1NC(=O)C2(CCCSC2)N1. The highest BCUT2D eigenvalue weighted by Gasteiger charge is 2.45. The van der Waals surface area contributed by atoms with Crippen LogP contribution in [0, 0.1) is 0 Å². The van der Waals surface area contributed by atoms with Gasteiger partial charge in [-0.1, -0.05) is 0 Å². The number of nitrogens with zero attached hydrogens (tertiary/aromatic N) is 1. The zero-order valence-corrected chi connectivity index (χ0v) is 9.99. The average molecular weight is 227 g/mol. The van der Waals surface area contributed by atoms with Crippen LogP contribution in [0.4, 0.5) is 0 Å². The van der Waals surface area contributed by atoms with Gasteiger partial charge >= 0.3 is 0 Å². The molecular formula is C10H17N3OS. The van der Waals surface area contributed by atoms with Crippen LogP contribution in [0.25, 0.3) is 0 Å². The Bertz CT molecular complexity index is 295. The Balaban J connectivity index is 2.12. The zero-order chi connectivity index (χ0) is 10.9. The molecule has 1 amide bonds. The molecule has 0 bridgehead atoms. The predicted octanol–water partition coefficient (Wildman–Crippen LogP) is 0.736. The maximum Gasteiger partial charge on any atom is 0.253 e. The van der Waals surface area contributed by atoms with Gasteiger partial charge in [-0.3, -0.25) is 15.1 Å². The van der Waals surface area contributed by atoms with Gasteiger partial charge in [0.15, 0.2) is 5.96 Å². The van der Waals surface area contributed by atoms with Crippen molar-refractivity contribution >= 4 is 23.6 Å². The molecule has 0 aliphatic carbocycles. The molecule has 2 aliphatic heterocycles. The molecule has 2 aliphatic rings. The molecule has 1 atom stereocenters. The van der Waals surface area contributed by atoms with Crippen LogP contribution in [-0.4, -0.2) is 35.0 Å². The quantitative estimate of drug-likeness (QED) is 0.694. The highest BCUT2D eigenvalue weighted by molar-refractivity contribution is 7.99. The fourth-order valence-corrected chi connectivity index (χ4v) is 3.13. The van der Waals surface area contributed by atoms with E-state index >= 15 is 0 Å². The number of thioether (sulfide) groups is 1. The van der Waals surface area contributed by atoms with Gasteiger partial charge in [-0.15, -0.1) is 0 Å². The van der Waals surface area contributed by atoms with Crippen molar-refractivity contribution < 1.29 is 4.79 Å². The second-order valence-electron chi connectivity index (χ2n) is 4.39. The van der Waals surface area contributed by atoms with Gasteiger partial charge in [-0.25, -0.2) is 0 Å². The van der Waals surface area contributed by atoms with Gasteiger partial charge in [0.1, 0.15) is 5.54 Å². The molecule has 0 saturated carbocycles. The van der Waals surface area contributed by atoms with Crippen molar-refractivity contribution in [3.63, 3.8) is 0 Å². The number of guanidine groups is 1. The van der Waals surface area contributed by atoms with E-state index in [1.807, 2.05) is 25.6 Å². The Morgan fingerprint density at radius 3 is 2.93 bits per heavy atom. The summed E-state index contributed by atoms with van der Waals surface area (Å²) in [7, 11) is 0. The smallest absolute Gasteiger partial charge is 0.253 e. The molecule has 0 aromatic carbocycles. The number of hydrogen-bond donors (Lipinski definition) is 2. The van der Waals surface area contributed by atoms with Gasteiger partial charge in [0.25, 0.3) is 5.91 Å². The first-order chi connectivity index (χ1) is 7.12. The van der Waals surface area contributed by atoms with E-state index in [4.69, 9.17) is 0 Å². The van der Waals surface area contributed by atoms with E-state index in [1.54, 1.807) is 0 Å². The number of rotatable bonds is 1. The van der Waals surface area contributed by atoms with Crippen LogP contribution in [-0.2, 0) is 4.79 Å². The van der Waals surface area contributed by atoms with Crippen LogP contribution in [0.3, 0.4) is 0 Å². The molecule has 2 saturated heterocycles. The standard InChI is InChI=1S/C10H17N3OS/c1-7(2)11-9-12-8(14)10(13-9)4-3-5-15-6-10/h7H,3-6H2,1-2H3,(H2,11,12,13,14). The Hall–Kier alpha value is -0.710. The molecule has 2 fully saturated rings. The first kappa shape index (κ1) is 10.8. The van der Waals surface area contributed by atoms with E-state index in [2.05, 4.69) is 15.6 Å². The molecule has 0 aromatic rings. The summed E-state index contributed by atoms with van der Waals surface area (Å²) in [4.78, 5) is 16.2. The van der Waals surface area contributed by atoms with Gasteiger partial charge < -0.3 is 5.32 Å². The number of nitrogens with one attached hydrogen (secondary N) is 2. The second kappa shape index (κ2) is 4.04. The molecule has 2 heterocycles. The monoisotopic (exact) mass is 227 g/mol. The maximum absolute atomic E-state index is 11.9. The topological polar surface area (TPSA) is 53.5 Å². The van der Waals surface area contributed by atoms with Gasteiger partial charge in [-0.2, -0.15) is 11.8 Å². The van der Waals surface area contributed by atoms with E-state index in [-0.39, 0.29) is 17.5 Å². The number of hydrogen-bond acceptors (Lipinski definition) is 3. The lowest BCUT2D eigenvalue weighted by atomic mass is 9.96. The Labute approximate surface area is 94.3 Å². The summed E-state index contributed by atoms with van der Waals surface area (Å²) in [5.41, 5.74) is -0.378. The van der Waals surface area contributed by atoms with Crippen LogP contribution in [0.1, 0.15) is 26.7 Å². The first-order valence-electron chi connectivity index (χ1n) is 5.38. The fourth-order valence-electron chi connectivity index (χ4n) is 1.94. The third-order valence-electron chi connectivity index (χ3n) is 2.65. The number of carbonyl (C=O) groups excluding carboxylic acids is 1. The van der Waals surface area contributed by atoms with Crippen molar-refractivity contribution in [1.29, 1.82) is 0 Å². The highest BCUT2D eigenvalue weighted by atomic mass is 32.2. The molecule has 84 valence electrons. The van der Waals surface area contributed by atoms with Crippen molar-refractivity contribution in [1.82, 2.24) is 10.6 Å². The largest absolute Gasteiger partial charge is 0.341 e. The minimum atomic E-state index is -0.378. The minimum absolute atomic E-state index is 0.0918. The number of carbonyl (C=O) groups is 1. The lowest BCUT2D eigenvalue weighted by molar-refractivity contribution is -0.123. The van der Waals surface area contributed by atoms with E-state index in [9.17, 15) is 4.79 Å². The predicted molar refractivity (Wildman–Crippen MR) is 63.1 cm³/mol. The fraction of sp³-hybridized carbons (Fsp3) is 0.800. The number of aliphatic imine (C=N–C) groups is 1. The molecule has 1 unspecified atom stereocenters. The summed E-state index contributed by atoms with van der Waals surface area (Å²) >= 11 is 1.84. The summed E-state index contributed by atoms with van der Waals surface area (Å²) in [5, 5.41) is 6.09. The van der Waals surface area contributed by atoms with Crippen molar-refractivity contribution in [2.24, 2.45) is 4.99 Å². The molecule has 4 nitrogen and oxygen atoms in total. The van der Waals surface area contributed by atoms with E-state index in [0.29, 0.717) is 5.96 Å². The van der Waals surface area contributed by atoms with Crippen molar-refractivity contribution in [3.05, 3.63) is 0 Å². The second-order valence-corrected chi connectivity index (χ2v) is 5.49. The van der Waals surface area contributed by atoms with Gasteiger partial charge in [0.2, 0.25) is 0 Å². The normalized spacial score (nSPS) is 33.5. The van der Waals surface area contributed by atoms with E-state index in [0.717, 1.165) is 24.3 Å². The van der Waals surface area contributed by atoms with E-state index in [1.165, 1.54) is 0 Å². The van der Waals surface area contributed by atoms with Crippen molar-refractivity contribution in [3.8, 4) is 0 Å². The highest BCUT2D eigenvalue weighted by Crippen LogP contribution is 2.29. The van der Waals surface area contributed by atoms with Crippen molar-refractivity contribution in [2.75, 3.05) is 11.5 Å². The van der Waals surface area contributed by atoms with Crippen molar-refractivity contribution in [2.45, 2.75) is 38.3 Å². The Kier molecular flexibility index (Phi) is 2.91. The van der Waals surface area contributed by atoms with Gasteiger partial charge in [0, 0.05) is 11.8 Å². The lowest BCUT2D eigenvalue weighted by Crippen LogP contribution is -2.51. The summed E-state index contributed by atoms with van der Waals surface area (Å²) in [5.74, 6) is 2.76. The molecule has 1 spiro atoms. The Morgan fingerprint density at radius 2 is 2.33 bits per heavy atom. The molecule has 0 radical (unpaired) electrons. The molecule has 15 heavy (non-hydrogen) atoms. The maximum atomic E-state index is 11.9. The van der Waals surface area contributed by atoms with Crippen LogP contribution < -0.4 is 10.6 Å². The molecular weight excluding hydrogens is 210 g/mol. The van der Waals surface area contributed by atoms with Crippen LogP contribution >= 0.6 is 11.8 Å². The summed E-state index contributed by atoms with van der Waals surface area (Å²) in [6, 6.07) is 0.208. The lowest BCUT2D eigenvalue weighted by Gasteiger charge is -2.29. The zero-order valence-electron chi connectivity index (χ0n) is 9.17. The third kappa shape index (κ3) is 2.12. The van der Waals surface area contributed by atoms with Crippen LogP contribution in [0.5, 0.6) is 0 Å². The third-order valence-corrected chi connectivity index (χ3v) is 3.93. The van der Waals surface area contributed by atoms with Crippen LogP contribution in [0.15, 0.2) is 4.99 Å².